The van der Waals surface area contributed by atoms with Gasteiger partial charge in [-0.25, -0.2) is 4.98 Å². The molecule has 2 aliphatic rings. The minimum Gasteiger partial charge on any atom is -0.307 e. The van der Waals surface area contributed by atoms with E-state index in [2.05, 4.69) is 10.3 Å². The largest absolute Gasteiger partial charge is 0.307 e. The molecule has 0 spiro atoms. The third-order valence-electron chi connectivity index (χ3n) is 4.71. The smallest absolute Gasteiger partial charge is 0.273 e. The van der Waals surface area contributed by atoms with E-state index in [0.717, 1.165) is 0 Å². The fourth-order valence-corrected chi connectivity index (χ4v) is 4.21. The van der Waals surface area contributed by atoms with Crippen molar-refractivity contribution in [2.75, 3.05) is 16.8 Å². The number of likely N-dealkylation sites (N-methyl/N-ethyl adjacent to an activating group) is 1. The number of hydrogen-bond acceptors (Lipinski definition) is 5. The maximum absolute atomic E-state index is 13.2. The SMILES string of the molecule is CCN1C(=O)c2ccccc2N2C(=O)CCC12C(=O)Nc1nccs1. The highest BCUT2D eigenvalue weighted by molar-refractivity contribution is 7.13. The molecule has 0 aliphatic carbocycles. The molecule has 1 N–H and O–H groups in total. The highest BCUT2D eigenvalue weighted by atomic mass is 32.1. The molecule has 0 radical (unpaired) electrons. The predicted octanol–water partition coefficient (Wildman–Crippen LogP) is 2.08. The van der Waals surface area contributed by atoms with E-state index in [9.17, 15) is 14.4 Å². The van der Waals surface area contributed by atoms with Crippen LogP contribution in [-0.2, 0) is 9.59 Å². The minimum atomic E-state index is -1.34. The topological polar surface area (TPSA) is 82.6 Å². The van der Waals surface area contributed by atoms with E-state index in [1.165, 1.54) is 21.1 Å². The molecule has 2 aliphatic heterocycles. The first-order valence-corrected chi connectivity index (χ1v) is 8.92. The van der Waals surface area contributed by atoms with Crippen LogP contribution in [-0.4, -0.2) is 39.8 Å². The van der Waals surface area contributed by atoms with Crippen LogP contribution < -0.4 is 10.2 Å². The molecule has 1 saturated heterocycles. The first-order chi connectivity index (χ1) is 12.1. The first kappa shape index (κ1) is 15.8. The molecule has 128 valence electrons. The average molecular weight is 356 g/mol. The lowest BCUT2D eigenvalue weighted by Crippen LogP contribution is -2.69. The van der Waals surface area contributed by atoms with Gasteiger partial charge in [-0.2, -0.15) is 0 Å². The van der Waals surface area contributed by atoms with Gasteiger partial charge >= 0.3 is 0 Å². The molecular weight excluding hydrogens is 340 g/mol. The standard InChI is InChI=1S/C17H16N4O3S/c1-2-20-14(23)11-5-3-4-6-12(11)21-13(22)7-8-17(20,21)15(24)19-16-18-9-10-25-16/h3-6,9-10H,2,7-8H2,1H3,(H,18,19,24). The molecule has 1 atom stereocenters. The average Bonchev–Trinajstić information content (AvgIpc) is 3.24. The van der Waals surface area contributed by atoms with Gasteiger partial charge in [-0.1, -0.05) is 12.1 Å². The summed E-state index contributed by atoms with van der Waals surface area (Å²) in [7, 11) is 0. The Morgan fingerprint density at radius 2 is 2.16 bits per heavy atom. The number of thiazole rings is 1. The number of carbonyl (C=O) groups is 3. The lowest BCUT2D eigenvalue weighted by molar-refractivity contribution is -0.128. The lowest BCUT2D eigenvalue weighted by atomic mass is 9.95. The van der Waals surface area contributed by atoms with Crippen LogP contribution in [0, 0.1) is 0 Å². The van der Waals surface area contributed by atoms with Crippen LogP contribution in [0.3, 0.4) is 0 Å². The number of hydrogen-bond donors (Lipinski definition) is 1. The number of nitrogens with one attached hydrogen (secondary N) is 1. The Kier molecular flexibility index (Phi) is 3.57. The quantitative estimate of drug-likeness (QED) is 0.913. The van der Waals surface area contributed by atoms with Crippen LogP contribution in [0.4, 0.5) is 10.8 Å². The summed E-state index contributed by atoms with van der Waals surface area (Å²) in [6.07, 6.45) is 2.06. The zero-order valence-corrected chi connectivity index (χ0v) is 14.4. The molecule has 0 saturated carbocycles. The van der Waals surface area contributed by atoms with Gasteiger partial charge in [0, 0.05) is 31.0 Å². The van der Waals surface area contributed by atoms with E-state index in [0.29, 0.717) is 22.9 Å². The Morgan fingerprint density at radius 3 is 2.88 bits per heavy atom. The Balaban J connectivity index is 1.87. The zero-order chi connectivity index (χ0) is 17.6. The van der Waals surface area contributed by atoms with E-state index < -0.39 is 11.6 Å². The number of rotatable bonds is 3. The molecule has 25 heavy (non-hydrogen) atoms. The van der Waals surface area contributed by atoms with Crippen LogP contribution in [0.2, 0.25) is 0 Å². The number of anilines is 2. The Morgan fingerprint density at radius 1 is 1.36 bits per heavy atom. The monoisotopic (exact) mass is 356 g/mol. The fourth-order valence-electron chi connectivity index (χ4n) is 3.69. The number of nitrogens with zero attached hydrogens (tertiary/aromatic N) is 3. The highest BCUT2D eigenvalue weighted by Gasteiger charge is 2.60. The third kappa shape index (κ3) is 2.10. The van der Waals surface area contributed by atoms with Gasteiger partial charge in [0.15, 0.2) is 5.13 Å². The van der Waals surface area contributed by atoms with E-state index in [1.54, 1.807) is 35.8 Å². The first-order valence-electron chi connectivity index (χ1n) is 8.04. The Bertz CT molecular complexity index is 867. The fraction of sp³-hybridized carbons (Fsp3) is 0.294. The van der Waals surface area contributed by atoms with Crippen molar-refractivity contribution in [1.29, 1.82) is 0 Å². The number of para-hydroxylation sites is 1. The normalized spacial score (nSPS) is 22.0. The van der Waals surface area contributed by atoms with E-state index in [-0.39, 0.29) is 24.7 Å². The second-order valence-electron chi connectivity index (χ2n) is 5.90. The highest BCUT2D eigenvalue weighted by Crippen LogP contribution is 2.44. The van der Waals surface area contributed by atoms with Gasteiger partial charge in [0.2, 0.25) is 11.6 Å². The van der Waals surface area contributed by atoms with Crippen LogP contribution in [0.15, 0.2) is 35.8 Å². The molecule has 8 heteroatoms. The van der Waals surface area contributed by atoms with Gasteiger partial charge in [-0.15, -0.1) is 11.3 Å². The lowest BCUT2D eigenvalue weighted by Gasteiger charge is -2.48. The molecular formula is C17H16N4O3S. The number of benzene rings is 1. The van der Waals surface area contributed by atoms with Crippen molar-refractivity contribution in [3.8, 4) is 0 Å². The van der Waals surface area contributed by atoms with Gasteiger partial charge in [0.1, 0.15) is 0 Å². The van der Waals surface area contributed by atoms with Gasteiger partial charge in [0.05, 0.1) is 11.3 Å². The number of fused-ring (bicyclic) bond motifs is 3. The van der Waals surface area contributed by atoms with Crippen molar-refractivity contribution in [2.24, 2.45) is 0 Å². The van der Waals surface area contributed by atoms with Crippen LogP contribution in [0.5, 0.6) is 0 Å². The van der Waals surface area contributed by atoms with Gasteiger partial charge in [-0.05, 0) is 19.1 Å². The van der Waals surface area contributed by atoms with Gasteiger partial charge < -0.3 is 4.90 Å². The number of carbonyl (C=O) groups excluding carboxylic acids is 3. The van der Waals surface area contributed by atoms with Gasteiger partial charge in [0.25, 0.3) is 11.8 Å². The Hall–Kier alpha value is -2.74. The summed E-state index contributed by atoms with van der Waals surface area (Å²) in [6.45, 7) is 2.13. The Labute approximate surface area is 148 Å². The summed E-state index contributed by atoms with van der Waals surface area (Å²) in [5.74, 6) is -0.802. The molecule has 1 aromatic heterocycles. The molecule has 1 fully saturated rings. The minimum absolute atomic E-state index is 0.160. The van der Waals surface area contributed by atoms with Crippen LogP contribution >= 0.6 is 11.3 Å². The summed E-state index contributed by atoms with van der Waals surface area (Å²) >= 11 is 1.29. The summed E-state index contributed by atoms with van der Waals surface area (Å²) in [6, 6.07) is 6.93. The zero-order valence-electron chi connectivity index (χ0n) is 13.6. The van der Waals surface area contributed by atoms with Crippen molar-refractivity contribution < 1.29 is 14.4 Å². The molecule has 7 nitrogen and oxygen atoms in total. The molecule has 4 rings (SSSR count). The summed E-state index contributed by atoms with van der Waals surface area (Å²) in [5.41, 5.74) is -0.408. The van der Waals surface area contributed by atoms with Crippen molar-refractivity contribution in [3.63, 3.8) is 0 Å². The van der Waals surface area contributed by atoms with E-state index in [4.69, 9.17) is 0 Å². The molecule has 0 bridgehead atoms. The van der Waals surface area contributed by atoms with Crippen LogP contribution in [0.25, 0.3) is 0 Å². The maximum Gasteiger partial charge on any atom is 0.273 e. The molecule has 3 heterocycles. The second-order valence-corrected chi connectivity index (χ2v) is 6.80. The van der Waals surface area contributed by atoms with E-state index >= 15 is 0 Å². The second kappa shape index (κ2) is 5.66. The maximum atomic E-state index is 13.2. The molecule has 1 unspecified atom stereocenters. The van der Waals surface area contributed by atoms with Crippen LogP contribution in [0.1, 0.15) is 30.1 Å². The number of aromatic nitrogens is 1. The van der Waals surface area contributed by atoms with Crippen molar-refractivity contribution in [1.82, 2.24) is 9.88 Å². The van der Waals surface area contributed by atoms with E-state index in [1.807, 2.05) is 6.92 Å². The third-order valence-corrected chi connectivity index (χ3v) is 5.40. The van der Waals surface area contributed by atoms with Crippen molar-refractivity contribution in [3.05, 3.63) is 41.4 Å². The molecule has 3 amide bonds. The predicted molar refractivity (Wildman–Crippen MR) is 93.3 cm³/mol. The number of amides is 3. The van der Waals surface area contributed by atoms with Gasteiger partial charge in [-0.3, -0.25) is 24.6 Å². The summed E-state index contributed by atoms with van der Waals surface area (Å²) < 4.78 is 0. The summed E-state index contributed by atoms with van der Waals surface area (Å²) in [5, 5.41) is 4.97. The van der Waals surface area contributed by atoms with Crippen molar-refractivity contribution in [2.45, 2.75) is 25.4 Å². The molecule has 2 aromatic rings. The summed E-state index contributed by atoms with van der Waals surface area (Å²) in [4.78, 5) is 45.9. The molecule has 1 aromatic carbocycles. The van der Waals surface area contributed by atoms with Crippen molar-refractivity contribution >= 4 is 39.9 Å².